The first-order valence-electron chi connectivity index (χ1n) is 9.24. The molecular formula is C21H19N3O5S. The third-order valence-electron chi connectivity index (χ3n) is 4.68. The molecule has 0 atom stereocenters. The Morgan fingerprint density at radius 3 is 2.97 bits per heavy atom. The Labute approximate surface area is 176 Å². The van der Waals surface area contributed by atoms with Crippen LogP contribution in [0.3, 0.4) is 0 Å². The number of aromatic amines is 1. The number of hydrogen-bond acceptors (Lipinski definition) is 6. The number of nitrogens with zero attached hydrogens (tertiary/aromatic N) is 1. The Kier molecular flexibility index (Phi) is 5.62. The maximum Gasteiger partial charge on any atom is 0.294 e. The highest BCUT2D eigenvalue weighted by Crippen LogP contribution is 2.32. The third kappa shape index (κ3) is 4.11. The summed E-state index contributed by atoms with van der Waals surface area (Å²) in [6.45, 7) is 0.0709. The molecule has 3 heterocycles. The lowest BCUT2D eigenvalue weighted by atomic mass is 10.1. The van der Waals surface area contributed by atoms with E-state index in [1.807, 2.05) is 24.4 Å². The molecule has 0 unspecified atom stereocenters. The van der Waals surface area contributed by atoms with Crippen molar-refractivity contribution in [1.29, 1.82) is 0 Å². The smallest absolute Gasteiger partial charge is 0.294 e. The molecule has 0 bridgehead atoms. The van der Waals surface area contributed by atoms with Gasteiger partial charge in [0.2, 0.25) is 5.91 Å². The van der Waals surface area contributed by atoms with Crippen LogP contribution < -0.4 is 10.1 Å². The quantitative estimate of drug-likeness (QED) is 0.564. The summed E-state index contributed by atoms with van der Waals surface area (Å²) in [7, 11) is 1.62. The summed E-state index contributed by atoms with van der Waals surface area (Å²) in [4.78, 5) is 41.2. The van der Waals surface area contributed by atoms with Gasteiger partial charge in [0, 0.05) is 35.8 Å². The first kappa shape index (κ1) is 19.8. The molecule has 1 fully saturated rings. The van der Waals surface area contributed by atoms with Crippen LogP contribution in [-0.2, 0) is 16.0 Å². The van der Waals surface area contributed by atoms with Crippen molar-refractivity contribution in [2.75, 3.05) is 20.2 Å². The van der Waals surface area contributed by atoms with Crippen molar-refractivity contribution in [3.8, 4) is 5.75 Å². The van der Waals surface area contributed by atoms with Crippen molar-refractivity contribution >= 4 is 45.8 Å². The lowest BCUT2D eigenvalue weighted by Crippen LogP contribution is -2.40. The van der Waals surface area contributed by atoms with E-state index < -0.39 is 17.1 Å². The number of thioether (sulfide) groups is 1. The van der Waals surface area contributed by atoms with Gasteiger partial charge in [0.15, 0.2) is 0 Å². The van der Waals surface area contributed by atoms with Gasteiger partial charge >= 0.3 is 0 Å². The molecule has 3 aromatic rings. The minimum Gasteiger partial charge on any atom is -0.497 e. The largest absolute Gasteiger partial charge is 0.497 e. The summed E-state index contributed by atoms with van der Waals surface area (Å²) >= 11 is 0.792. The number of rotatable bonds is 7. The van der Waals surface area contributed by atoms with Gasteiger partial charge in [-0.15, -0.1) is 0 Å². The summed E-state index contributed by atoms with van der Waals surface area (Å²) < 4.78 is 10.4. The fraction of sp³-hybridized carbons (Fsp3) is 0.190. The van der Waals surface area contributed by atoms with Gasteiger partial charge in [0.1, 0.15) is 18.1 Å². The minimum absolute atomic E-state index is 0.233. The molecule has 30 heavy (non-hydrogen) atoms. The molecule has 2 aromatic heterocycles. The van der Waals surface area contributed by atoms with Crippen molar-refractivity contribution in [2.24, 2.45) is 0 Å². The maximum absolute atomic E-state index is 12.4. The Morgan fingerprint density at radius 2 is 2.20 bits per heavy atom. The molecular weight excluding hydrogens is 406 g/mol. The molecule has 1 aromatic carbocycles. The highest BCUT2D eigenvalue weighted by Gasteiger charge is 2.36. The van der Waals surface area contributed by atoms with E-state index in [4.69, 9.17) is 9.15 Å². The average molecular weight is 425 g/mol. The van der Waals surface area contributed by atoms with Gasteiger partial charge in [-0.2, -0.15) is 0 Å². The molecule has 154 valence electrons. The van der Waals surface area contributed by atoms with Crippen LogP contribution in [0.15, 0.2) is 52.1 Å². The van der Waals surface area contributed by atoms with Gasteiger partial charge in [0.25, 0.3) is 11.1 Å². The predicted octanol–water partition coefficient (Wildman–Crippen LogP) is 3.16. The van der Waals surface area contributed by atoms with Crippen molar-refractivity contribution < 1.29 is 23.5 Å². The second kappa shape index (κ2) is 8.50. The number of H-pyrrole nitrogens is 1. The molecule has 1 aliphatic heterocycles. The Hall–Kier alpha value is -3.46. The summed E-state index contributed by atoms with van der Waals surface area (Å²) in [5.41, 5.74) is 2.01. The van der Waals surface area contributed by atoms with Crippen LogP contribution in [0.5, 0.6) is 5.75 Å². The summed E-state index contributed by atoms with van der Waals surface area (Å²) in [5.74, 6) is 0.351. The molecule has 9 heteroatoms. The van der Waals surface area contributed by atoms with Gasteiger partial charge in [0.05, 0.1) is 18.3 Å². The average Bonchev–Trinajstić information content (AvgIpc) is 3.45. The molecule has 8 nitrogen and oxygen atoms in total. The first-order valence-corrected chi connectivity index (χ1v) is 10.1. The predicted molar refractivity (Wildman–Crippen MR) is 113 cm³/mol. The molecule has 0 radical (unpaired) electrons. The number of hydrogen-bond donors (Lipinski definition) is 2. The fourth-order valence-electron chi connectivity index (χ4n) is 3.17. The van der Waals surface area contributed by atoms with Crippen molar-refractivity contribution in [2.45, 2.75) is 6.42 Å². The van der Waals surface area contributed by atoms with E-state index in [9.17, 15) is 14.4 Å². The van der Waals surface area contributed by atoms with E-state index in [1.54, 1.807) is 19.2 Å². The number of carbonyl (C=O) groups is 3. The monoisotopic (exact) mass is 425 g/mol. The fourth-order valence-corrected chi connectivity index (χ4v) is 3.99. The molecule has 1 aliphatic rings. The molecule has 0 spiro atoms. The van der Waals surface area contributed by atoms with Gasteiger partial charge < -0.3 is 19.5 Å². The number of carbonyl (C=O) groups excluding carboxylic acids is 3. The normalized spacial score (nSPS) is 15.4. The van der Waals surface area contributed by atoms with Crippen LogP contribution in [0.4, 0.5) is 4.79 Å². The van der Waals surface area contributed by atoms with E-state index in [1.165, 1.54) is 12.3 Å². The number of ether oxygens (including phenoxy) is 1. The summed E-state index contributed by atoms with van der Waals surface area (Å²) in [5, 5.41) is 3.35. The number of fused-ring (bicyclic) bond motifs is 1. The zero-order chi connectivity index (χ0) is 21.1. The molecule has 0 aliphatic carbocycles. The number of nitrogens with one attached hydrogen (secondary N) is 2. The topological polar surface area (TPSA) is 105 Å². The van der Waals surface area contributed by atoms with Crippen molar-refractivity contribution in [3.05, 3.63) is 59.0 Å². The maximum atomic E-state index is 12.4. The molecule has 0 saturated carbocycles. The van der Waals surface area contributed by atoms with Crippen LogP contribution in [-0.4, -0.2) is 47.1 Å². The third-order valence-corrected chi connectivity index (χ3v) is 5.59. The van der Waals surface area contributed by atoms with Gasteiger partial charge in [-0.3, -0.25) is 19.3 Å². The van der Waals surface area contributed by atoms with Crippen LogP contribution in [0, 0.1) is 0 Å². The number of aromatic nitrogens is 1. The lowest BCUT2D eigenvalue weighted by molar-refractivity contribution is -0.129. The minimum atomic E-state index is -0.498. The molecule has 4 rings (SSSR count). The number of amides is 3. The number of benzene rings is 1. The highest BCUT2D eigenvalue weighted by molar-refractivity contribution is 8.18. The van der Waals surface area contributed by atoms with Crippen molar-refractivity contribution in [3.63, 3.8) is 0 Å². The van der Waals surface area contributed by atoms with E-state index in [0.717, 1.165) is 38.9 Å². The second-order valence-corrected chi connectivity index (χ2v) is 7.60. The standard InChI is InChI=1S/C21H19N3O5S/c1-28-14-4-5-16-13(11-23-17(16)9-14)6-7-22-19(25)12-24-20(26)18(30-21(24)27)10-15-3-2-8-29-15/h2-5,8-11,23H,6-7,12H2,1H3,(H,22,25). The van der Waals surface area contributed by atoms with Crippen LogP contribution >= 0.6 is 11.8 Å². The number of imide groups is 1. The van der Waals surface area contributed by atoms with Gasteiger partial charge in [-0.1, -0.05) is 0 Å². The molecule has 3 amide bonds. The number of methoxy groups -OCH3 is 1. The van der Waals surface area contributed by atoms with Crippen molar-refractivity contribution in [1.82, 2.24) is 15.2 Å². The van der Waals surface area contributed by atoms with Crippen LogP contribution in [0.2, 0.25) is 0 Å². The highest BCUT2D eigenvalue weighted by atomic mass is 32.2. The second-order valence-electron chi connectivity index (χ2n) is 6.61. The van der Waals surface area contributed by atoms with Gasteiger partial charge in [-0.25, -0.2) is 0 Å². The van der Waals surface area contributed by atoms with E-state index in [-0.39, 0.29) is 11.4 Å². The SMILES string of the molecule is COc1ccc2c(CCNC(=O)CN3C(=O)SC(=Cc4ccco4)C3=O)c[nH]c2c1. The lowest BCUT2D eigenvalue weighted by Gasteiger charge is -2.12. The molecule has 1 saturated heterocycles. The Balaban J connectivity index is 1.32. The van der Waals surface area contributed by atoms with E-state index in [2.05, 4.69) is 10.3 Å². The Bertz CT molecular complexity index is 1130. The van der Waals surface area contributed by atoms with Crippen LogP contribution in [0.1, 0.15) is 11.3 Å². The summed E-state index contributed by atoms with van der Waals surface area (Å²) in [6.07, 6.45) is 5.48. The molecule has 2 N–H and O–H groups in total. The summed E-state index contributed by atoms with van der Waals surface area (Å²) in [6, 6.07) is 9.13. The zero-order valence-corrected chi connectivity index (χ0v) is 17.0. The van der Waals surface area contributed by atoms with Crippen LogP contribution in [0.25, 0.3) is 17.0 Å². The zero-order valence-electron chi connectivity index (χ0n) is 16.1. The van der Waals surface area contributed by atoms with Gasteiger partial charge in [-0.05, 0) is 48.0 Å². The van der Waals surface area contributed by atoms with E-state index in [0.29, 0.717) is 18.7 Å². The Morgan fingerprint density at radius 1 is 1.33 bits per heavy atom. The first-order chi connectivity index (χ1) is 14.5. The van der Waals surface area contributed by atoms with E-state index >= 15 is 0 Å². The number of furan rings is 1.